The number of nitrogens with zero attached hydrogens (tertiary/aromatic N) is 2. The molecule has 2 aromatic rings. The van der Waals surface area contributed by atoms with E-state index in [1.165, 1.54) is 22.4 Å². The lowest BCUT2D eigenvalue weighted by atomic mass is 10.1. The molecular weight excluding hydrogens is 413 g/mol. The fourth-order valence-electron chi connectivity index (χ4n) is 3.05. The first-order valence-corrected chi connectivity index (χ1v) is 7.95. The third-order valence-corrected chi connectivity index (χ3v) is 4.21. The van der Waals surface area contributed by atoms with Crippen molar-refractivity contribution in [2.75, 3.05) is 25.6 Å². The lowest BCUT2D eigenvalue weighted by Gasteiger charge is -2.23. The van der Waals surface area contributed by atoms with Gasteiger partial charge in [0, 0.05) is 32.9 Å². The van der Waals surface area contributed by atoms with Crippen LogP contribution < -0.4 is 10.2 Å². The van der Waals surface area contributed by atoms with Gasteiger partial charge in [0.1, 0.15) is 0 Å². The highest BCUT2D eigenvalue weighted by Gasteiger charge is 2.22. The van der Waals surface area contributed by atoms with Gasteiger partial charge in [-0.1, -0.05) is 42.5 Å². The van der Waals surface area contributed by atoms with Crippen molar-refractivity contribution in [2.45, 2.75) is 19.6 Å². The van der Waals surface area contributed by atoms with Crippen molar-refractivity contribution in [3.63, 3.8) is 0 Å². The molecule has 2 aromatic carbocycles. The zero-order chi connectivity index (χ0) is 16.1. The van der Waals surface area contributed by atoms with Crippen molar-refractivity contribution in [3.8, 4) is 0 Å². The Morgan fingerprint density at radius 3 is 2.58 bits per heavy atom. The standard InChI is InChI=1S/C19H23N3O.HI/c1-20-19(22-12-11-15-7-5-6-10-18(15)22)21-13-16-8-3-4-9-17(16)14-23-2;/h3-10H,11-14H2,1-2H3,(H,20,21);1H. The second-order valence-corrected chi connectivity index (χ2v) is 5.63. The molecule has 3 rings (SSSR count). The zero-order valence-corrected chi connectivity index (χ0v) is 16.5. The Bertz CT molecular complexity index is 703. The zero-order valence-electron chi connectivity index (χ0n) is 14.2. The third kappa shape index (κ3) is 4.08. The monoisotopic (exact) mass is 437 g/mol. The summed E-state index contributed by atoms with van der Waals surface area (Å²) in [5.74, 6) is 0.919. The number of nitrogens with one attached hydrogen (secondary N) is 1. The van der Waals surface area contributed by atoms with Gasteiger partial charge in [-0.05, 0) is 29.2 Å². The first kappa shape index (κ1) is 18.7. The Morgan fingerprint density at radius 2 is 1.83 bits per heavy atom. The van der Waals surface area contributed by atoms with Gasteiger partial charge in [0.25, 0.3) is 0 Å². The number of fused-ring (bicyclic) bond motifs is 1. The molecule has 0 aromatic heterocycles. The van der Waals surface area contributed by atoms with E-state index in [1.54, 1.807) is 7.11 Å². The highest BCUT2D eigenvalue weighted by molar-refractivity contribution is 14.0. The average molecular weight is 437 g/mol. The fourth-order valence-corrected chi connectivity index (χ4v) is 3.05. The fraction of sp³-hybridized carbons (Fsp3) is 0.316. The molecule has 5 heteroatoms. The minimum absolute atomic E-state index is 0. The Hall–Kier alpha value is -1.60. The van der Waals surface area contributed by atoms with E-state index in [1.807, 2.05) is 13.1 Å². The van der Waals surface area contributed by atoms with Gasteiger partial charge in [-0.2, -0.15) is 0 Å². The summed E-state index contributed by atoms with van der Waals surface area (Å²) in [7, 11) is 3.56. The summed E-state index contributed by atoms with van der Waals surface area (Å²) in [5.41, 5.74) is 5.09. The molecule has 0 atom stereocenters. The van der Waals surface area contributed by atoms with Crippen molar-refractivity contribution in [2.24, 2.45) is 4.99 Å². The third-order valence-electron chi connectivity index (χ3n) is 4.21. The second-order valence-electron chi connectivity index (χ2n) is 5.63. The maximum atomic E-state index is 5.28. The number of aliphatic imine (C=N–C) groups is 1. The number of rotatable bonds is 4. The maximum absolute atomic E-state index is 5.28. The molecule has 0 radical (unpaired) electrons. The summed E-state index contributed by atoms with van der Waals surface area (Å²) in [6.45, 7) is 2.34. The van der Waals surface area contributed by atoms with Crippen LogP contribution >= 0.6 is 24.0 Å². The summed E-state index contributed by atoms with van der Waals surface area (Å²) < 4.78 is 5.28. The number of ether oxygens (including phenoxy) is 1. The molecule has 0 amide bonds. The predicted octanol–water partition coefficient (Wildman–Crippen LogP) is 3.59. The minimum atomic E-state index is 0. The number of guanidine groups is 1. The predicted molar refractivity (Wildman–Crippen MR) is 110 cm³/mol. The van der Waals surface area contributed by atoms with Gasteiger partial charge in [0.05, 0.1) is 6.61 Å². The highest BCUT2D eigenvalue weighted by Crippen LogP contribution is 2.27. The number of hydrogen-bond acceptors (Lipinski definition) is 2. The molecule has 1 aliphatic heterocycles. The van der Waals surface area contributed by atoms with Crippen LogP contribution in [0.5, 0.6) is 0 Å². The topological polar surface area (TPSA) is 36.9 Å². The number of halogens is 1. The van der Waals surface area contributed by atoms with E-state index in [0.29, 0.717) is 6.61 Å². The number of methoxy groups -OCH3 is 1. The highest BCUT2D eigenvalue weighted by atomic mass is 127. The van der Waals surface area contributed by atoms with Crippen molar-refractivity contribution in [1.82, 2.24) is 5.32 Å². The van der Waals surface area contributed by atoms with Crippen LogP contribution in [0, 0.1) is 0 Å². The van der Waals surface area contributed by atoms with Crippen molar-refractivity contribution in [1.29, 1.82) is 0 Å². The molecule has 4 nitrogen and oxygen atoms in total. The van der Waals surface area contributed by atoms with Crippen LogP contribution in [0.4, 0.5) is 5.69 Å². The minimum Gasteiger partial charge on any atom is -0.380 e. The van der Waals surface area contributed by atoms with Crippen LogP contribution in [-0.2, 0) is 24.3 Å². The Morgan fingerprint density at radius 1 is 1.12 bits per heavy atom. The lowest BCUT2D eigenvalue weighted by molar-refractivity contribution is 0.184. The molecular formula is C19H24IN3O. The smallest absolute Gasteiger partial charge is 0.198 e. The summed E-state index contributed by atoms with van der Waals surface area (Å²) in [6, 6.07) is 16.9. The maximum Gasteiger partial charge on any atom is 0.198 e. The molecule has 1 N–H and O–H groups in total. The Labute approximate surface area is 160 Å². The molecule has 0 bridgehead atoms. The Balaban J connectivity index is 0.00000208. The van der Waals surface area contributed by atoms with Crippen LogP contribution in [0.15, 0.2) is 53.5 Å². The van der Waals surface area contributed by atoms with E-state index in [9.17, 15) is 0 Å². The van der Waals surface area contributed by atoms with Gasteiger partial charge in [-0.25, -0.2) is 0 Å². The van der Waals surface area contributed by atoms with Gasteiger partial charge >= 0.3 is 0 Å². The largest absolute Gasteiger partial charge is 0.380 e. The molecule has 0 fully saturated rings. The van der Waals surface area contributed by atoms with Crippen molar-refractivity contribution in [3.05, 3.63) is 65.2 Å². The van der Waals surface area contributed by atoms with E-state index >= 15 is 0 Å². The SMILES string of the molecule is CN=C(NCc1ccccc1COC)N1CCc2ccccc21.I. The van der Waals surface area contributed by atoms with Crippen LogP contribution in [0.25, 0.3) is 0 Å². The molecule has 0 saturated heterocycles. The molecule has 128 valence electrons. The normalized spacial score (nSPS) is 13.4. The molecule has 24 heavy (non-hydrogen) atoms. The van der Waals surface area contributed by atoms with Gasteiger partial charge < -0.3 is 15.0 Å². The second kappa shape index (κ2) is 9.03. The van der Waals surface area contributed by atoms with Crippen molar-refractivity contribution >= 4 is 35.6 Å². The number of anilines is 1. The van der Waals surface area contributed by atoms with E-state index in [4.69, 9.17) is 4.74 Å². The van der Waals surface area contributed by atoms with Gasteiger partial charge in [-0.15, -0.1) is 24.0 Å². The average Bonchev–Trinajstić information content (AvgIpc) is 3.01. The van der Waals surface area contributed by atoms with Crippen LogP contribution in [0.3, 0.4) is 0 Å². The molecule has 1 heterocycles. The molecule has 0 spiro atoms. The summed E-state index contributed by atoms with van der Waals surface area (Å²) in [4.78, 5) is 6.72. The summed E-state index contributed by atoms with van der Waals surface area (Å²) >= 11 is 0. The van der Waals surface area contributed by atoms with E-state index in [-0.39, 0.29) is 24.0 Å². The van der Waals surface area contributed by atoms with Crippen LogP contribution in [-0.4, -0.2) is 26.7 Å². The first-order chi connectivity index (χ1) is 11.3. The summed E-state index contributed by atoms with van der Waals surface area (Å²) in [5, 5.41) is 3.49. The van der Waals surface area contributed by atoms with Gasteiger partial charge in [-0.3, -0.25) is 4.99 Å². The van der Waals surface area contributed by atoms with E-state index in [0.717, 1.165) is 25.5 Å². The number of hydrogen-bond donors (Lipinski definition) is 1. The van der Waals surface area contributed by atoms with E-state index in [2.05, 4.69) is 57.7 Å². The summed E-state index contributed by atoms with van der Waals surface area (Å²) in [6.07, 6.45) is 1.07. The van der Waals surface area contributed by atoms with Gasteiger partial charge in [0.2, 0.25) is 0 Å². The molecule has 0 unspecified atom stereocenters. The van der Waals surface area contributed by atoms with Gasteiger partial charge in [0.15, 0.2) is 5.96 Å². The number of benzene rings is 2. The Kier molecular flexibility index (Phi) is 7.05. The van der Waals surface area contributed by atoms with Crippen LogP contribution in [0.1, 0.15) is 16.7 Å². The number of para-hydroxylation sites is 1. The van der Waals surface area contributed by atoms with E-state index < -0.39 is 0 Å². The quantitative estimate of drug-likeness (QED) is 0.452. The lowest BCUT2D eigenvalue weighted by Crippen LogP contribution is -2.40. The van der Waals surface area contributed by atoms with Crippen molar-refractivity contribution < 1.29 is 4.74 Å². The van der Waals surface area contributed by atoms with Crippen LogP contribution in [0.2, 0.25) is 0 Å². The molecule has 0 aliphatic carbocycles. The molecule has 0 saturated carbocycles. The first-order valence-electron chi connectivity index (χ1n) is 7.95. The molecule has 1 aliphatic rings.